The molecule has 0 radical (unpaired) electrons. The highest BCUT2D eigenvalue weighted by molar-refractivity contribution is 7.71. The molecule has 0 fully saturated rings. The molecule has 0 aliphatic rings. The van der Waals surface area contributed by atoms with E-state index in [0.717, 1.165) is 16.7 Å². The molecule has 2 N–H and O–H groups in total. The van der Waals surface area contributed by atoms with E-state index in [0.29, 0.717) is 23.0 Å². The minimum absolute atomic E-state index is 0.0968. The summed E-state index contributed by atoms with van der Waals surface area (Å²) in [5.74, 6) is 1.16. The van der Waals surface area contributed by atoms with Crippen molar-refractivity contribution in [2.75, 3.05) is 6.61 Å². The number of ether oxygens (including phenoxy) is 1. The average molecular weight is 354 g/mol. The zero-order valence-electron chi connectivity index (χ0n) is 13.9. The van der Waals surface area contributed by atoms with Gasteiger partial charge < -0.3 is 9.84 Å². The molecule has 3 aromatic rings. The fourth-order valence-electron chi connectivity index (χ4n) is 2.40. The first-order valence-corrected chi connectivity index (χ1v) is 8.24. The molecule has 0 bridgehead atoms. The van der Waals surface area contributed by atoms with E-state index < -0.39 is 0 Å². The molecular formula is C18H18N4O2S. The van der Waals surface area contributed by atoms with Crippen LogP contribution in [0.15, 0.2) is 47.6 Å². The van der Waals surface area contributed by atoms with E-state index in [1.807, 2.05) is 38.1 Å². The molecule has 2 aromatic carbocycles. The normalized spacial score (nSPS) is 11.1. The second-order valence-electron chi connectivity index (χ2n) is 5.38. The largest absolute Gasteiger partial charge is 0.504 e. The van der Waals surface area contributed by atoms with Gasteiger partial charge in [-0.15, -0.1) is 0 Å². The highest BCUT2D eigenvalue weighted by Crippen LogP contribution is 2.26. The summed E-state index contributed by atoms with van der Waals surface area (Å²) >= 11 is 5.29. The highest BCUT2D eigenvalue weighted by atomic mass is 32.1. The van der Waals surface area contributed by atoms with Crippen LogP contribution in [-0.2, 0) is 0 Å². The number of aromatic amines is 1. The summed E-state index contributed by atoms with van der Waals surface area (Å²) in [5, 5.41) is 21.3. The van der Waals surface area contributed by atoms with Crippen LogP contribution in [0.2, 0.25) is 0 Å². The molecule has 0 aliphatic heterocycles. The molecule has 3 rings (SSSR count). The van der Waals surface area contributed by atoms with Crippen molar-refractivity contribution < 1.29 is 9.84 Å². The lowest BCUT2D eigenvalue weighted by Crippen LogP contribution is -1.97. The summed E-state index contributed by atoms with van der Waals surface area (Å²) < 4.78 is 7.36. The van der Waals surface area contributed by atoms with Gasteiger partial charge in [0.15, 0.2) is 17.3 Å². The molecule has 1 aromatic heterocycles. The Balaban J connectivity index is 1.98. The highest BCUT2D eigenvalue weighted by Gasteiger charge is 2.10. The summed E-state index contributed by atoms with van der Waals surface area (Å²) in [5.41, 5.74) is 2.81. The van der Waals surface area contributed by atoms with Gasteiger partial charge in [0.2, 0.25) is 4.77 Å². The third kappa shape index (κ3) is 3.61. The van der Waals surface area contributed by atoms with E-state index in [1.54, 1.807) is 29.1 Å². The summed E-state index contributed by atoms with van der Waals surface area (Å²) in [6.45, 7) is 4.34. The van der Waals surface area contributed by atoms with E-state index in [-0.39, 0.29) is 5.75 Å². The summed E-state index contributed by atoms with van der Waals surface area (Å²) in [7, 11) is 0. The minimum atomic E-state index is 0.0968. The van der Waals surface area contributed by atoms with Gasteiger partial charge in [0.25, 0.3) is 0 Å². The fraction of sp³-hybridized carbons (Fsp3) is 0.167. The lowest BCUT2D eigenvalue weighted by atomic mass is 10.1. The number of H-pyrrole nitrogens is 1. The predicted octanol–water partition coefficient (Wildman–Crippen LogP) is 3.90. The van der Waals surface area contributed by atoms with Crippen molar-refractivity contribution in [1.29, 1.82) is 0 Å². The van der Waals surface area contributed by atoms with E-state index in [4.69, 9.17) is 17.0 Å². The van der Waals surface area contributed by atoms with Gasteiger partial charge in [0, 0.05) is 5.56 Å². The number of nitrogens with one attached hydrogen (secondary N) is 1. The van der Waals surface area contributed by atoms with Crippen LogP contribution >= 0.6 is 12.2 Å². The first kappa shape index (κ1) is 16.9. The van der Waals surface area contributed by atoms with Crippen LogP contribution in [0.5, 0.6) is 11.5 Å². The summed E-state index contributed by atoms with van der Waals surface area (Å²) in [4.78, 5) is 0. The van der Waals surface area contributed by atoms with Gasteiger partial charge in [-0.1, -0.05) is 24.3 Å². The number of aryl methyl sites for hydroxylation is 1. The van der Waals surface area contributed by atoms with Crippen LogP contribution in [0, 0.1) is 11.7 Å². The molecule has 0 saturated heterocycles. The smallest absolute Gasteiger partial charge is 0.216 e. The van der Waals surface area contributed by atoms with Crippen molar-refractivity contribution in [2.24, 2.45) is 5.10 Å². The Morgan fingerprint density at radius 1 is 1.32 bits per heavy atom. The number of benzene rings is 2. The molecule has 128 valence electrons. The van der Waals surface area contributed by atoms with Crippen LogP contribution < -0.4 is 4.74 Å². The Labute approximate surface area is 150 Å². The van der Waals surface area contributed by atoms with Crippen molar-refractivity contribution in [3.63, 3.8) is 0 Å². The Morgan fingerprint density at radius 3 is 2.88 bits per heavy atom. The third-order valence-electron chi connectivity index (χ3n) is 3.64. The number of aromatic nitrogens is 3. The summed E-state index contributed by atoms with van der Waals surface area (Å²) in [6.07, 6.45) is 1.65. The maximum absolute atomic E-state index is 9.78. The first-order valence-electron chi connectivity index (χ1n) is 7.83. The van der Waals surface area contributed by atoms with Gasteiger partial charge in [-0.05, 0) is 55.4 Å². The molecule has 0 spiro atoms. The van der Waals surface area contributed by atoms with Crippen molar-refractivity contribution in [3.05, 3.63) is 58.4 Å². The average Bonchev–Trinajstić information content (AvgIpc) is 2.97. The van der Waals surface area contributed by atoms with E-state index in [1.165, 1.54) is 0 Å². The monoisotopic (exact) mass is 354 g/mol. The lowest BCUT2D eigenvalue weighted by molar-refractivity contribution is 0.318. The van der Waals surface area contributed by atoms with Crippen molar-refractivity contribution in [3.8, 4) is 22.9 Å². The van der Waals surface area contributed by atoms with Crippen LogP contribution in [0.3, 0.4) is 0 Å². The molecule has 0 amide bonds. The number of phenols is 1. The molecule has 0 atom stereocenters. The number of aromatic hydroxyl groups is 1. The Hall–Kier alpha value is -2.93. The second-order valence-corrected chi connectivity index (χ2v) is 5.77. The van der Waals surface area contributed by atoms with Crippen molar-refractivity contribution in [2.45, 2.75) is 13.8 Å². The third-order valence-corrected chi connectivity index (χ3v) is 3.91. The van der Waals surface area contributed by atoms with Crippen molar-refractivity contribution in [1.82, 2.24) is 14.9 Å². The number of hydrogen-bond donors (Lipinski definition) is 2. The Kier molecular flexibility index (Phi) is 4.95. The fourth-order valence-corrected chi connectivity index (χ4v) is 2.58. The number of nitrogens with zero attached hydrogens (tertiary/aromatic N) is 3. The Morgan fingerprint density at radius 2 is 2.12 bits per heavy atom. The zero-order valence-corrected chi connectivity index (χ0v) is 14.7. The van der Waals surface area contributed by atoms with E-state index in [2.05, 4.69) is 15.3 Å². The van der Waals surface area contributed by atoms with Gasteiger partial charge >= 0.3 is 0 Å². The molecule has 0 unspecified atom stereocenters. The van der Waals surface area contributed by atoms with Gasteiger partial charge in [-0.25, -0.2) is 5.10 Å². The summed E-state index contributed by atoms with van der Waals surface area (Å²) in [6, 6.07) is 12.9. The number of rotatable bonds is 5. The van der Waals surface area contributed by atoms with E-state index >= 15 is 0 Å². The van der Waals surface area contributed by atoms with E-state index in [9.17, 15) is 5.11 Å². The molecule has 25 heavy (non-hydrogen) atoms. The molecule has 0 aliphatic carbocycles. The van der Waals surface area contributed by atoms with Crippen LogP contribution in [0.25, 0.3) is 11.4 Å². The van der Waals surface area contributed by atoms with Crippen LogP contribution in [-0.4, -0.2) is 32.8 Å². The number of phenolic OH excluding ortho intramolecular Hbond substituents is 1. The maximum atomic E-state index is 9.78. The minimum Gasteiger partial charge on any atom is -0.504 e. The van der Waals surface area contributed by atoms with Gasteiger partial charge in [-0.2, -0.15) is 14.9 Å². The zero-order chi connectivity index (χ0) is 17.8. The standard InChI is InChI=1S/C18H18N4O2S/c1-3-24-16-10-13(8-9-15(16)23)11-19-22-17(20-21-18(22)25)14-7-5-4-6-12(14)2/h4-11,23H,3H2,1-2H3,(H,21,25)/b19-11+. The first-order chi connectivity index (χ1) is 12.1. The van der Waals surface area contributed by atoms with Gasteiger partial charge in [0.05, 0.1) is 12.8 Å². The topological polar surface area (TPSA) is 75.4 Å². The Bertz CT molecular complexity index is 975. The molecule has 1 heterocycles. The van der Waals surface area contributed by atoms with Crippen LogP contribution in [0.4, 0.5) is 0 Å². The predicted molar refractivity (Wildman–Crippen MR) is 99.9 cm³/mol. The van der Waals surface area contributed by atoms with Gasteiger partial charge in [-0.3, -0.25) is 0 Å². The molecule has 7 heteroatoms. The quantitative estimate of drug-likeness (QED) is 0.538. The van der Waals surface area contributed by atoms with Gasteiger partial charge in [0.1, 0.15) is 0 Å². The number of hydrogen-bond acceptors (Lipinski definition) is 5. The van der Waals surface area contributed by atoms with Crippen LogP contribution in [0.1, 0.15) is 18.1 Å². The second kappa shape index (κ2) is 7.31. The molecular weight excluding hydrogens is 336 g/mol. The maximum Gasteiger partial charge on any atom is 0.216 e. The molecule has 0 saturated carbocycles. The molecule has 6 nitrogen and oxygen atoms in total. The lowest BCUT2D eigenvalue weighted by Gasteiger charge is -2.06. The van der Waals surface area contributed by atoms with Crippen molar-refractivity contribution >= 4 is 18.4 Å². The SMILES string of the molecule is CCOc1cc(/C=N/n2c(-c3ccccc3C)n[nH]c2=S)ccc1O.